The van der Waals surface area contributed by atoms with Gasteiger partial charge in [-0.1, -0.05) is 42.3 Å². The zero-order valence-electron chi connectivity index (χ0n) is 27.7. The Morgan fingerprint density at radius 3 is 2.38 bits per heavy atom. The monoisotopic (exact) mass is 668 g/mol. The molecular weight excluding hydrogens is 629 g/mol. The highest BCUT2D eigenvalue weighted by atomic mass is 19.4. The van der Waals surface area contributed by atoms with E-state index in [1.807, 2.05) is 30.3 Å². The van der Waals surface area contributed by atoms with Crippen molar-refractivity contribution < 1.29 is 37.1 Å². The highest BCUT2D eigenvalue weighted by molar-refractivity contribution is 6.13. The Morgan fingerprint density at radius 2 is 1.73 bits per heavy atom. The van der Waals surface area contributed by atoms with Gasteiger partial charge in [-0.05, 0) is 64.7 Å². The van der Waals surface area contributed by atoms with Crippen LogP contribution in [-0.2, 0) is 31.7 Å². The van der Waals surface area contributed by atoms with Crippen LogP contribution in [0, 0.1) is 17.3 Å². The van der Waals surface area contributed by atoms with Crippen molar-refractivity contribution in [2.75, 3.05) is 20.1 Å². The Balaban J connectivity index is 1.62. The van der Waals surface area contributed by atoms with Gasteiger partial charge in [0.2, 0.25) is 11.8 Å². The van der Waals surface area contributed by atoms with Crippen molar-refractivity contribution in [3.8, 4) is 11.8 Å². The largest absolute Gasteiger partial charge is 0.444 e. The second-order valence-electron chi connectivity index (χ2n) is 13.3. The molecule has 0 aliphatic carbocycles. The van der Waals surface area contributed by atoms with Crippen LogP contribution in [0.25, 0.3) is 0 Å². The molecule has 0 unspecified atom stereocenters. The van der Waals surface area contributed by atoms with E-state index in [1.165, 1.54) is 35.9 Å². The number of likely N-dealkylation sites (tertiary alicyclic amines) is 1. The molecule has 0 saturated carbocycles. The maximum atomic E-state index is 14.2. The van der Waals surface area contributed by atoms with Crippen LogP contribution in [0.5, 0.6) is 0 Å². The molecule has 0 spiro atoms. The molecule has 1 saturated heterocycles. The third kappa shape index (κ3) is 8.50. The fourth-order valence-corrected chi connectivity index (χ4v) is 5.50. The first-order chi connectivity index (χ1) is 22.3. The van der Waals surface area contributed by atoms with E-state index in [2.05, 4.69) is 32.6 Å². The van der Waals surface area contributed by atoms with Gasteiger partial charge in [0.1, 0.15) is 34.0 Å². The van der Waals surface area contributed by atoms with E-state index >= 15 is 0 Å². The van der Waals surface area contributed by atoms with Gasteiger partial charge in [0.25, 0.3) is 5.91 Å². The molecular formula is C34H39F3N6O5. The molecule has 0 radical (unpaired) electrons. The smallest absolute Gasteiger partial charge is 0.433 e. The lowest BCUT2D eigenvalue weighted by molar-refractivity contribution is -0.142. The van der Waals surface area contributed by atoms with Crippen molar-refractivity contribution in [3.05, 3.63) is 65.5 Å². The van der Waals surface area contributed by atoms with Crippen LogP contribution < -0.4 is 10.6 Å². The van der Waals surface area contributed by atoms with Gasteiger partial charge < -0.3 is 20.3 Å². The number of hydrazone groups is 1. The molecule has 48 heavy (non-hydrogen) atoms. The third-order valence-electron chi connectivity index (χ3n) is 7.81. The number of halogens is 3. The first-order valence-corrected chi connectivity index (χ1v) is 15.3. The van der Waals surface area contributed by atoms with Crippen LogP contribution in [-0.4, -0.2) is 81.7 Å². The molecule has 2 N–H and O–H groups in total. The second kappa shape index (κ2) is 13.7. The number of alkyl carbamates (subject to hydrolysis) is 1. The number of benzene rings is 1. The molecule has 2 aromatic rings. The van der Waals surface area contributed by atoms with Crippen molar-refractivity contribution in [1.29, 1.82) is 0 Å². The van der Waals surface area contributed by atoms with E-state index in [-0.39, 0.29) is 31.1 Å². The highest BCUT2D eigenvalue weighted by Crippen LogP contribution is 2.38. The topological polar surface area (TPSA) is 133 Å². The normalized spacial score (nSPS) is 18.6. The number of carbonyl (C=O) groups is 4. The SMILES string of the molecule is CN1N=C2CCN(C(=O)[C@@H](CC#Cc3cccc(C(F)(F)F)n3)NC(=O)C(C)(C)NC(=O)OC(C)(C)C)C[C@@]2(Cc2ccccc2)C1=O. The van der Waals surface area contributed by atoms with E-state index in [1.54, 1.807) is 27.8 Å². The summed E-state index contributed by atoms with van der Waals surface area (Å²) in [5.41, 5.74) is -3.26. The number of nitrogens with zero attached hydrogens (tertiary/aromatic N) is 4. The Morgan fingerprint density at radius 1 is 1.04 bits per heavy atom. The number of hydrogen-bond acceptors (Lipinski definition) is 7. The molecule has 2 aliphatic heterocycles. The van der Waals surface area contributed by atoms with Gasteiger partial charge in [0, 0.05) is 33.0 Å². The molecule has 2 atom stereocenters. The first-order valence-electron chi connectivity index (χ1n) is 15.3. The number of nitrogens with one attached hydrogen (secondary N) is 2. The summed E-state index contributed by atoms with van der Waals surface area (Å²) in [6, 6.07) is 11.3. The lowest BCUT2D eigenvalue weighted by Gasteiger charge is -2.40. The van der Waals surface area contributed by atoms with Crippen molar-refractivity contribution in [1.82, 2.24) is 25.5 Å². The number of piperidine rings is 1. The van der Waals surface area contributed by atoms with Crippen LogP contribution in [0.1, 0.15) is 64.4 Å². The summed E-state index contributed by atoms with van der Waals surface area (Å²) in [6.07, 6.45) is -5.22. The van der Waals surface area contributed by atoms with Gasteiger partial charge in [-0.15, -0.1) is 0 Å². The summed E-state index contributed by atoms with van der Waals surface area (Å²) in [4.78, 5) is 58.8. The van der Waals surface area contributed by atoms with E-state index < -0.39 is 52.4 Å². The van der Waals surface area contributed by atoms with E-state index in [0.29, 0.717) is 18.6 Å². The fourth-order valence-electron chi connectivity index (χ4n) is 5.50. The number of hydrogen-bond donors (Lipinski definition) is 2. The lowest BCUT2D eigenvalue weighted by atomic mass is 9.73. The zero-order valence-corrected chi connectivity index (χ0v) is 27.7. The van der Waals surface area contributed by atoms with E-state index in [0.717, 1.165) is 11.6 Å². The van der Waals surface area contributed by atoms with Crippen LogP contribution >= 0.6 is 0 Å². The number of rotatable bonds is 7. The van der Waals surface area contributed by atoms with Crippen molar-refractivity contribution >= 4 is 29.5 Å². The Labute approximate surface area is 277 Å². The summed E-state index contributed by atoms with van der Waals surface area (Å²) >= 11 is 0. The number of carbonyl (C=O) groups excluding carboxylic acids is 4. The van der Waals surface area contributed by atoms with Crippen LogP contribution in [0.4, 0.5) is 18.0 Å². The minimum Gasteiger partial charge on any atom is -0.444 e. The summed E-state index contributed by atoms with van der Waals surface area (Å²) in [5, 5.41) is 10.9. The molecule has 11 nitrogen and oxygen atoms in total. The van der Waals surface area contributed by atoms with Crippen molar-refractivity contribution in [2.45, 2.75) is 77.2 Å². The van der Waals surface area contributed by atoms with Crippen molar-refractivity contribution in [2.24, 2.45) is 10.5 Å². The molecule has 256 valence electrons. The van der Waals surface area contributed by atoms with Gasteiger partial charge in [0.15, 0.2) is 0 Å². The quantitative estimate of drug-likeness (QED) is 0.430. The molecule has 0 bridgehead atoms. The lowest BCUT2D eigenvalue weighted by Crippen LogP contribution is -2.62. The molecule has 1 aromatic heterocycles. The number of aromatic nitrogens is 1. The fraction of sp³-hybridized carbons (Fsp3) is 0.471. The molecule has 2 aliphatic rings. The Bertz CT molecular complexity index is 1660. The number of fused-ring (bicyclic) bond motifs is 1. The predicted octanol–water partition coefficient (Wildman–Crippen LogP) is 3.92. The standard InChI is InChI=1S/C34H39F3N6O5/c1-31(2,3)48-30(47)40-32(4,5)28(45)39-24(16-10-14-23-15-11-17-26(38-23)34(35,36)37)27(44)43-19-18-25-33(21-43,29(46)42(6)41-25)20-22-12-8-7-9-13-22/h7-9,11-13,15,17,24H,16,18-21H2,1-6H3,(H,39,45)(H,40,47)/t24-,33-/m1/s1. The number of amides is 4. The highest BCUT2D eigenvalue weighted by Gasteiger charge is 2.54. The molecule has 4 rings (SSSR count). The molecule has 4 amide bonds. The summed E-state index contributed by atoms with van der Waals surface area (Å²) < 4.78 is 44.9. The van der Waals surface area contributed by atoms with Gasteiger partial charge in [-0.25, -0.2) is 14.8 Å². The number of pyridine rings is 1. The minimum absolute atomic E-state index is 0.0166. The molecule has 14 heteroatoms. The molecule has 1 fully saturated rings. The summed E-state index contributed by atoms with van der Waals surface area (Å²) in [6.45, 7) is 8.03. The van der Waals surface area contributed by atoms with E-state index in [9.17, 15) is 32.3 Å². The maximum absolute atomic E-state index is 14.2. The van der Waals surface area contributed by atoms with Gasteiger partial charge >= 0.3 is 12.3 Å². The first kappa shape index (κ1) is 35.9. The van der Waals surface area contributed by atoms with E-state index in [4.69, 9.17) is 4.74 Å². The predicted molar refractivity (Wildman–Crippen MR) is 170 cm³/mol. The van der Waals surface area contributed by atoms with Crippen LogP contribution in [0.3, 0.4) is 0 Å². The van der Waals surface area contributed by atoms with Crippen LogP contribution in [0.15, 0.2) is 53.6 Å². The van der Waals surface area contributed by atoms with Crippen LogP contribution in [0.2, 0.25) is 0 Å². The maximum Gasteiger partial charge on any atom is 0.433 e. The molecule has 1 aromatic carbocycles. The number of alkyl halides is 3. The Kier molecular flexibility index (Phi) is 10.2. The van der Waals surface area contributed by atoms with Crippen molar-refractivity contribution in [3.63, 3.8) is 0 Å². The van der Waals surface area contributed by atoms with Gasteiger partial charge in [0.05, 0.1) is 5.71 Å². The average molecular weight is 669 g/mol. The Hall–Kier alpha value is -4.93. The summed E-state index contributed by atoms with van der Waals surface area (Å²) in [7, 11) is 1.56. The van der Waals surface area contributed by atoms with Gasteiger partial charge in [-0.3, -0.25) is 14.4 Å². The van der Waals surface area contributed by atoms with Gasteiger partial charge in [-0.2, -0.15) is 18.3 Å². The number of ether oxygens (including phenoxy) is 1. The third-order valence-corrected chi connectivity index (χ3v) is 7.81. The zero-order chi connectivity index (χ0) is 35.5. The molecule has 3 heterocycles. The second-order valence-corrected chi connectivity index (χ2v) is 13.3. The minimum atomic E-state index is -4.67. The summed E-state index contributed by atoms with van der Waals surface area (Å²) in [5.74, 6) is 3.68. The average Bonchev–Trinajstić information content (AvgIpc) is 3.23.